The van der Waals surface area contributed by atoms with E-state index in [2.05, 4.69) is 16.0 Å². The largest absolute Gasteiger partial charge is 0.494 e. The van der Waals surface area contributed by atoms with Gasteiger partial charge in [-0.05, 0) is 126 Å². The van der Waals surface area contributed by atoms with Gasteiger partial charge in [0.05, 0.1) is 18.7 Å². The lowest BCUT2D eigenvalue weighted by atomic mass is 9.90. The summed E-state index contributed by atoms with van der Waals surface area (Å²) in [6, 6.07) is 29.8. The van der Waals surface area contributed by atoms with Gasteiger partial charge in [-0.1, -0.05) is 84.9 Å². The molecule has 1 aliphatic heterocycles. The minimum atomic E-state index is -1.39. The Morgan fingerprint density at radius 3 is 2.08 bits per heavy atom. The second-order valence-corrected chi connectivity index (χ2v) is 17.9. The van der Waals surface area contributed by atoms with Crippen molar-refractivity contribution in [3.8, 4) is 5.75 Å². The Bertz CT molecular complexity index is 2170. The third kappa shape index (κ3) is 15.8. The number of para-hydroxylation sites is 1. The van der Waals surface area contributed by atoms with Crippen molar-refractivity contribution < 1.29 is 42.9 Å². The number of aryl methyl sites for hydroxylation is 2. The third-order valence-electron chi connectivity index (χ3n) is 10.2. The molecule has 0 bridgehead atoms. The Kier molecular flexibility index (Phi) is 16.7. The monoisotopic (exact) mass is 862 g/mol. The number of carbonyl (C=O) groups excluding carboxylic acids is 5. The first kappa shape index (κ1) is 47.7. The van der Waals surface area contributed by atoms with Gasteiger partial charge in [-0.2, -0.15) is 0 Å². The highest BCUT2D eigenvalue weighted by atomic mass is 16.6. The Morgan fingerprint density at radius 1 is 0.746 bits per heavy atom. The van der Waals surface area contributed by atoms with Crippen LogP contribution in [0.2, 0.25) is 0 Å². The molecule has 336 valence electrons. The van der Waals surface area contributed by atoms with Gasteiger partial charge in [-0.25, -0.2) is 9.59 Å². The van der Waals surface area contributed by atoms with Gasteiger partial charge in [0, 0.05) is 13.1 Å². The maximum absolute atomic E-state index is 14.0. The van der Waals surface area contributed by atoms with Crippen LogP contribution in [-0.4, -0.2) is 66.4 Å². The molecule has 4 amide bonds. The highest BCUT2D eigenvalue weighted by Gasteiger charge is 2.33. The number of anilines is 1. The zero-order chi connectivity index (χ0) is 45.6. The molecule has 3 N–H and O–H groups in total. The fourth-order valence-corrected chi connectivity index (χ4v) is 7.10. The standard InChI is InChI=1S/C50H62N4O9/c1-34-22-24-40(60-27-26-37-28-38-20-14-15-21-43(38)54(32-37)48(59)63-50(5,6)7)29-39(34)31-51-45(56)41(25-23-35-16-10-8-11-17-35)52-46(57)42(30-44(55)62-49(2,3)4)53-47(58)61-33-36-18-12-9-13-19-36/h8-22,24,29,37,41-42H,23,25-28,30-33H2,1-7H3,(H,51,56)(H,52,57)(H,53,58)/t37?,41-,42-/m0/s1. The summed E-state index contributed by atoms with van der Waals surface area (Å²) in [6.07, 6.45) is 0.443. The van der Waals surface area contributed by atoms with E-state index in [1.165, 1.54) is 0 Å². The van der Waals surface area contributed by atoms with Gasteiger partial charge >= 0.3 is 18.2 Å². The lowest BCUT2D eigenvalue weighted by Crippen LogP contribution is -2.54. The zero-order valence-electron chi connectivity index (χ0n) is 37.5. The first-order valence-corrected chi connectivity index (χ1v) is 21.5. The molecule has 5 rings (SSSR count). The van der Waals surface area contributed by atoms with E-state index in [1.807, 2.05) is 119 Å². The lowest BCUT2D eigenvalue weighted by Gasteiger charge is -2.35. The van der Waals surface area contributed by atoms with Crippen LogP contribution in [0, 0.1) is 12.8 Å². The first-order valence-electron chi connectivity index (χ1n) is 21.5. The zero-order valence-corrected chi connectivity index (χ0v) is 37.5. The van der Waals surface area contributed by atoms with Crippen molar-refractivity contribution in [3.63, 3.8) is 0 Å². The summed E-state index contributed by atoms with van der Waals surface area (Å²) in [7, 11) is 0. The predicted octanol–water partition coefficient (Wildman–Crippen LogP) is 8.14. The molecule has 13 nitrogen and oxygen atoms in total. The van der Waals surface area contributed by atoms with Crippen LogP contribution in [0.15, 0.2) is 103 Å². The number of nitrogens with one attached hydrogen (secondary N) is 3. The maximum atomic E-state index is 14.0. The van der Waals surface area contributed by atoms with Crippen molar-refractivity contribution in [2.24, 2.45) is 5.92 Å². The highest BCUT2D eigenvalue weighted by molar-refractivity contribution is 5.93. The van der Waals surface area contributed by atoms with Crippen LogP contribution in [0.4, 0.5) is 15.3 Å². The van der Waals surface area contributed by atoms with Crippen molar-refractivity contribution in [2.45, 2.75) is 117 Å². The second kappa shape index (κ2) is 22.1. The molecule has 13 heteroatoms. The summed E-state index contributed by atoms with van der Waals surface area (Å²) in [4.78, 5) is 68.7. The molecule has 0 fully saturated rings. The average Bonchev–Trinajstić information content (AvgIpc) is 3.23. The normalized spacial score (nSPS) is 14.6. The Balaban J connectivity index is 1.23. The molecule has 0 saturated carbocycles. The number of nitrogens with zero attached hydrogens (tertiary/aromatic N) is 1. The molecular formula is C50H62N4O9. The van der Waals surface area contributed by atoms with Gasteiger partial charge in [0.2, 0.25) is 11.8 Å². The number of amides is 4. The number of hydrogen-bond donors (Lipinski definition) is 3. The molecule has 0 saturated heterocycles. The van der Waals surface area contributed by atoms with Crippen LogP contribution >= 0.6 is 0 Å². The van der Waals surface area contributed by atoms with Crippen LogP contribution < -0.4 is 25.6 Å². The van der Waals surface area contributed by atoms with Crippen LogP contribution in [0.25, 0.3) is 0 Å². The molecule has 4 aromatic carbocycles. The van der Waals surface area contributed by atoms with Crippen LogP contribution in [-0.2, 0) is 54.6 Å². The Hall–Kier alpha value is -6.37. The molecule has 4 aromatic rings. The van der Waals surface area contributed by atoms with Crippen LogP contribution in [0.3, 0.4) is 0 Å². The lowest BCUT2D eigenvalue weighted by molar-refractivity contribution is -0.156. The Morgan fingerprint density at radius 2 is 1.40 bits per heavy atom. The highest BCUT2D eigenvalue weighted by Crippen LogP contribution is 2.32. The fraction of sp³-hybridized carbons (Fsp3) is 0.420. The summed E-state index contributed by atoms with van der Waals surface area (Å²) in [6.45, 7) is 13.6. The minimum absolute atomic E-state index is 0.0503. The van der Waals surface area contributed by atoms with Crippen molar-refractivity contribution >= 4 is 35.7 Å². The van der Waals surface area contributed by atoms with Crippen LogP contribution in [0.5, 0.6) is 5.75 Å². The van der Waals surface area contributed by atoms with Crippen molar-refractivity contribution in [3.05, 3.63) is 131 Å². The number of ether oxygens (including phenoxy) is 4. The SMILES string of the molecule is Cc1ccc(OCCC2Cc3ccccc3N(C(=O)OC(C)(C)C)C2)cc1CNC(=O)[C@H](CCc1ccccc1)NC(=O)[C@H](CC(=O)OC(C)(C)C)NC(=O)OCc1ccccc1. The molecule has 1 aliphatic rings. The number of esters is 1. The van der Waals surface area contributed by atoms with E-state index in [4.69, 9.17) is 18.9 Å². The van der Waals surface area contributed by atoms with Gasteiger partial charge < -0.3 is 34.9 Å². The van der Waals surface area contributed by atoms with Crippen molar-refractivity contribution in [1.82, 2.24) is 16.0 Å². The van der Waals surface area contributed by atoms with Crippen molar-refractivity contribution in [2.75, 3.05) is 18.1 Å². The minimum Gasteiger partial charge on any atom is -0.494 e. The Labute approximate surface area is 371 Å². The summed E-state index contributed by atoms with van der Waals surface area (Å²) in [5, 5.41) is 8.29. The van der Waals surface area contributed by atoms with E-state index >= 15 is 0 Å². The van der Waals surface area contributed by atoms with E-state index in [0.717, 1.165) is 39.9 Å². The number of rotatable bonds is 17. The van der Waals surface area contributed by atoms with E-state index in [0.29, 0.717) is 31.7 Å². The first-order chi connectivity index (χ1) is 29.9. The predicted molar refractivity (Wildman–Crippen MR) is 241 cm³/mol. The molecule has 0 radical (unpaired) electrons. The summed E-state index contributed by atoms with van der Waals surface area (Å²) < 4.78 is 22.8. The molecule has 63 heavy (non-hydrogen) atoms. The number of alkyl carbamates (subject to hydrolysis) is 1. The number of carbonyl (C=O) groups is 5. The molecular weight excluding hydrogens is 801 g/mol. The fourth-order valence-electron chi connectivity index (χ4n) is 7.10. The molecule has 1 heterocycles. The third-order valence-corrected chi connectivity index (χ3v) is 10.2. The van der Waals surface area contributed by atoms with E-state index in [9.17, 15) is 24.0 Å². The van der Waals surface area contributed by atoms with Gasteiger partial charge in [0.15, 0.2) is 0 Å². The van der Waals surface area contributed by atoms with Crippen molar-refractivity contribution in [1.29, 1.82) is 0 Å². The van der Waals surface area contributed by atoms with Gasteiger partial charge in [-0.3, -0.25) is 19.3 Å². The van der Waals surface area contributed by atoms with E-state index in [-0.39, 0.29) is 31.6 Å². The van der Waals surface area contributed by atoms with Gasteiger partial charge in [-0.15, -0.1) is 0 Å². The van der Waals surface area contributed by atoms with E-state index < -0.39 is 53.6 Å². The number of benzene rings is 4. The molecule has 0 spiro atoms. The second-order valence-electron chi connectivity index (χ2n) is 17.9. The van der Waals surface area contributed by atoms with Crippen LogP contribution in [0.1, 0.15) is 88.6 Å². The summed E-state index contributed by atoms with van der Waals surface area (Å²) in [5.74, 6) is -1.11. The maximum Gasteiger partial charge on any atom is 0.414 e. The van der Waals surface area contributed by atoms with Gasteiger partial charge in [0.1, 0.15) is 35.6 Å². The van der Waals surface area contributed by atoms with Gasteiger partial charge in [0.25, 0.3) is 0 Å². The molecule has 0 aliphatic carbocycles. The number of fused-ring (bicyclic) bond motifs is 1. The molecule has 3 atom stereocenters. The number of hydrogen-bond acceptors (Lipinski definition) is 9. The topological polar surface area (TPSA) is 162 Å². The summed E-state index contributed by atoms with van der Waals surface area (Å²) in [5.41, 5.74) is 3.96. The quantitative estimate of drug-likeness (QED) is 0.0703. The smallest absolute Gasteiger partial charge is 0.414 e. The molecule has 1 unspecified atom stereocenters. The molecule has 0 aromatic heterocycles. The average molecular weight is 863 g/mol. The summed E-state index contributed by atoms with van der Waals surface area (Å²) >= 11 is 0. The van der Waals surface area contributed by atoms with E-state index in [1.54, 1.807) is 37.8 Å².